The van der Waals surface area contributed by atoms with E-state index < -0.39 is 35.8 Å². The van der Waals surface area contributed by atoms with Crippen LogP contribution in [0.5, 0.6) is 5.75 Å². The van der Waals surface area contributed by atoms with Gasteiger partial charge in [0, 0.05) is 12.6 Å². The number of benzene rings is 1. The maximum atomic E-state index is 14.5. The first-order chi connectivity index (χ1) is 12.0. The first kappa shape index (κ1) is 19.0. The summed E-state index contributed by atoms with van der Waals surface area (Å²) in [6.07, 6.45) is 0.631. The zero-order chi connectivity index (χ0) is 19.1. The van der Waals surface area contributed by atoms with Gasteiger partial charge in [0.05, 0.1) is 18.5 Å². The van der Waals surface area contributed by atoms with Gasteiger partial charge in [0.1, 0.15) is 23.3 Å². The number of rotatable bonds is 4. The van der Waals surface area contributed by atoms with E-state index in [9.17, 15) is 18.0 Å². The topological polar surface area (TPSA) is 47.6 Å². The average Bonchev–Trinajstić information content (AvgIpc) is 3.29. The molecule has 1 unspecified atom stereocenters. The zero-order valence-electron chi connectivity index (χ0n) is 15.2. The van der Waals surface area contributed by atoms with Gasteiger partial charge in [-0.3, -0.25) is 0 Å². The highest BCUT2D eigenvalue weighted by atomic mass is 19.3. The van der Waals surface area contributed by atoms with E-state index in [1.54, 1.807) is 20.8 Å². The summed E-state index contributed by atoms with van der Waals surface area (Å²) in [5, 5.41) is 2.64. The van der Waals surface area contributed by atoms with Crippen LogP contribution in [0.4, 0.5) is 13.2 Å². The van der Waals surface area contributed by atoms with Crippen molar-refractivity contribution in [1.29, 1.82) is 0 Å². The van der Waals surface area contributed by atoms with Crippen molar-refractivity contribution in [2.75, 3.05) is 13.1 Å². The van der Waals surface area contributed by atoms with E-state index in [1.807, 2.05) is 0 Å². The smallest absolute Gasteiger partial charge is 0.341 e. The number of nitrogens with one attached hydrogen (secondary N) is 1. The Hall–Kier alpha value is -1.76. The number of carbonyl (C=O) groups is 1. The molecule has 4 nitrogen and oxygen atoms in total. The van der Waals surface area contributed by atoms with Crippen molar-refractivity contribution in [3.05, 3.63) is 29.1 Å². The second-order valence-corrected chi connectivity index (χ2v) is 8.08. The number of hydrogen-bond acceptors (Lipinski definition) is 4. The number of piperidine rings is 1. The average molecular weight is 371 g/mol. The molecule has 1 aromatic carbocycles. The predicted molar refractivity (Wildman–Crippen MR) is 90.4 cm³/mol. The molecule has 1 N–H and O–H groups in total. The maximum Gasteiger partial charge on any atom is 0.341 e. The van der Waals surface area contributed by atoms with Gasteiger partial charge in [0.15, 0.2) is 0 Å². The van der Waals surface area contributed by atoms with Crippen LogP contribution < -0.4 is 10.1 Å². The third-order valence-electron chi connectivity index (χ3n) is 4.31. The molecule has 3 rings (SSSR count). The Morgan fingerprint density at radius 1 is 1.27 bits per heavy atom. The van der Waals surface area contributed by atoms with Crippen LogP contribution in [0.3, 0.4) is 0 Å². The molecule has 2 fully saturated rings. The monoisotopic (exact) mass is 371 g/mol. The molecule has 2 aliphatic rings. The molecule has 1 aliphatic heterocycles. The normalized spacial score (nSPS) is 22.8. The Balaban J connectivity index is 1.84. The zero-order valence-corrected chi connectivity index (χ0v) is 15.2. The lowest BCUT2D eigenvalue weighted by atomic mass is 10.0. The van der Waals surface area contributed by atoms with Crippen LogP contribution in [0.15, 0.2) is 12.1 Å². The molecule has 1 saturated heterocycles. The van der Waals surface area contributed by atoms with E-state index in [1.165, 1.54) is 6.07 Å². The number of hydrogen-bond donors (Lipinski definition) is 1. The molecule has 0 radical (unpaired) electrons. The largest absolute Gasteiger partial charge is 0.488 e. The summed E-state index contributed by atoms with van der Waals surface area (Å²) < 4.78 is 52.6. The van der Waals surface area contributed by atoms with Crippen molar-refractivity contribution in [2.45, 2.75) is 63.6 Å². The lowest BCUT2D eigenvalue weighted by Crippen LogP contribution is -2.48. The van der Waals surface area contributed by atoms with Crippen LogP contribution in [-0.4, -0.2) is 36.7 Å². The molecular weight excluding hydrogens is 347 g/mol. The number of alkyl halides is 2. The van der Waals surface area contributed by atoms with E-state index >= 15 is 0 Å². The van der Waals surface area contributed by atoms with Crippen molar-refractivity contribution < 1.29 is 27.4 Å². The Morgan fingerprint density at radius 2 is 1.96 bits per heavy atom. The minimum Gasteiger partial charge on any atom is -0.488 e. The minimum atomic E-state index is -2.85. The highest BCUT2D eigenvalue weighted by Crippen LogP contribution is 2.45. The molecule has 1 saturated carbocycles. The number of ether oxygens (including phenoxy) is 2. The highest BCUT2D eigenvalue weighted by Gasteiger charge is 2.38. The van der Waals surface area contributed by atoms with Crippen molar-refractivity contribution >= 4 is 5.97 Å². The van der Waals surface area contributed by atoms with Crippen LogP contribution in [0.2, 0.25) is 0 Å². The second kappa shape index (κ2) is 6.76. The summed E-state index contributed by atoms with van der Waals surface area (Å²) in [5.74, 6) is -3.97. The van der Waals surface area contributed by atoms with Gasteiger partial charge in [-0.15, -0.1) is 0 Å². The summed E-state index contributed by atoms with van der Waals surface area (Å²) in [5.41, 5.74) is -0.208. The van der Waals surface area contributed by atoms with Crippen molar-refractivity contribution in [1.82, 2.24) is 5.32 Å². The maximum absolute atomic E-state index is 14.5. The molecule has 0 amide bonds. The summed E-state index contributed by atoms with van der Waals surface area (Å²) >= 11 is 0. The standard InChI is InChI=1S/C19H24F3NO3/c1-18(2,3)26-17(24)14-6-13(11-4-5-11)16(7-15(14)20)25-12-8-19(21,22)10-23-9-12/h6-7,11-12,23H,4-5,8-10H2,1-3H3. The Morgan fingerprint density at radius 3 is 2.54 bits per heavy atom. The number of carbonyl (C=O) groups excluding carboxylic acids is 1. The van der Waals surface area contributed by atoms with Crippen molar-refractivity contribution in [2.24, 2.45) is 0 Å². The molecule has 0 aromatic heterocycles. The molecule has 1 aliphatic carbocycles. The van der Waals surface area contributed by atoms with Gasteiger partial charge in [-0.2, -0.15) is 0 Å². The van der Waals surface area contributed by atoms with E-state index in [0.717, 1.165) is 18.9 Å². The van der Waals surface area contributed by atoms with Crippen LogP contribution in [0.1, 0.15) is 61.9 Å². The molecule has 0 bridgehead atoms. The van der Waals surface area contributed by atoms with Gasteiger partial charge >= 0.3 is 5.97 Å². The van der Waals surface area contributed by atoms with E-state index in [2.05, 4.69) is 5.32 Å². The summed E-state index contributed by atoms with van der Waals surface area (Å²) in [4.78, 5) is 12.3. The van der Waals surface area contributed by atoms with Crippen molar-refractivity contribution in [3.8, 4) is 5.75 Å². The van der Waals surface area contributed by atoms with E-state index in [4.69, 9.17) is 9.47 Å². The lowest BCUT2D eigenvalue weighted by molar-refractivity contribution is -0.0570. The fourth-order valence-electron chi connectivity index (χ4n) is 3.03. The van der Waals surface area contributed by atoms with Crippen molar-refractivity contribution in [3.63, 3.8) is 0 Å². The molecule has 7 heteroatoms. The molecule has 1 aromatic rings. The van der Waals surface area contributed by atoms with E-state index in [0.29, 0.717) is 5.56 Å². The van der Waals surface area contributed by atoms with Gasteiger partial charge in [-0.1, -0.05) is 0 Å². The van der Waals surface area contributed by atoms with E-state index in [-0.39, 0.29) is 30.3 Å². The Labute approximate surface area is 151 Å². The summed E-state index contributed by atoms with van der Waals surface area (Å²) in [6, 6.07) is 2.57. The first-order valence-corrected chi connectivity index (χ1v) is 8.86. The summed E-state index contributed by atoms with van der Waals surface area (Å²) in [6.45, 7) is 5.01. The van der Waals surface area contributed by atoms with Crippen LogP contribution >= 0.6 is 0 Å². The Kier molecular flexibility index (Phi) is 4.94. The van der Waals surface area contributed by atoms with Crippen LogP contribution in [0.25, 0.3) is 0 Å². The SMILES string of the molecule is CC(C)(C)OC(=O)c1cc(C2CC2)c(OC2CNCC(F)(F)C2)cc1F. The van der Waals surface area contributed by atoms with Crippen LogP contribution in [0, 0.1) is 5.82 Å². The van der Waals surface area contributed by atoms with Gasteiger partial charge in [0.25, 0.3) is 5.92 Å². The first-order valence-electron chi connectivity index (χ1n) is 8.86. The predicted octanol–water partition coefficient (Wildman–Crippen LogP) is 4.03. The second-order valence-electron chi connectivity index (χ2n) is 8.08. The molecule has 144 valence electrons. The fourth-order valence-corrected chi connectivity index (χ4v) is 3.03. The lowest BCUT2D eigenvalue weighted by Gasteiger charge is -2.30. The minimum absolute atomic E-state index is 0.152. The molecular formula is C19H24F3NO3. The van der Waals surface area contributed by atoms with Gasteiger partial charge in [-0.25, -0.2) is 18.0 Å². The number of esters is 1. The fraction of sp³-hybridized carbons (Fsp3) is 0.632. The third-order valence-corrected chi connectivity index (χ3v) is 4.31. The summed E-state index contributed by atoms with van der Waals surface area (Å²) in [7, 11) is 0. The molecule has 1 atom stereocenters. The van der Waals surface area contributed by atoms with Gasteiger partial charge in [-0.05, 0) is 51.2 Å². The third kappa shape index (κ3) is 4.69. The number of halogens is 3. The van der Waals surface area contributed by atoms with Gasteiger partial charge < -0.3 is 14.8 Å². The van der Waals surface area contributed by atoms with Gasteiger partial charge in [0.2, 0.25) is 0 Å². The van der Waals surface area contributed by atoms with Crippen LogP contribution in [-0.2, 0) is 4.74 Å². The Bertz CT molecular complexity index is 696. The molecule has 0 spiro atoms. The quantitative estimate of drug-likeness (QED) is 0.812. The highest BCUT2D eigenvalue weighted by molar-refractivity contribution is 5.90. The molecule has 26 heavy (non-hydrogen) atoms. The molecule has 1 heterocycles.